The summed E-state index contributed by atoms with van der Waals surface area (Å²) in [4.78, 5) is 0.319. The van der Waals surface area contributed by atoms with Gasteiger partial charge in [-0.1, -0.05) is 49.2 Å². The van der Waals surface area contributed by atoms with Crippen LogP contribution in [0.1, 0.15) is 13.3 Å². The Kier molecular flexibility index (Phi) is 4.43. The average Bonchev–Trinajstić information content (AvgIpc) is 2.46. The van der Waals surface area contributed by atoms with Gasteiger partial charge in [-0.15, -0.1) is 6.42 Å². The highest BCUT2D eigenvalue weighted by Gasteiger charge is 2.24. The summed E-state index contributed by atoms with van der Waals surface area (Å²) in [6, 6.07) is 12.8. The second-order valence-electron chi connectivity index (χ2n) is 4.52. The molecule has 4 heteroatoms. The van der Waals surface area contributed by atoms with Crippen LogP contribution in [0.5, 0.6) is 0 Å². The first-order valence-electron chi connectivity index (χ1n) is 6.52. The minimum atomic E-state index is -3.56. The molecule has 20 heavy (non-hydrogen) atoms. The number of nitrogens with zero attached hydrogens (tertiary/aromatic N) is 1. The second kappa shape index (κ2) is 6.08. The van der Waals surface area contributed by atoms with Crippen LogP contribution in [0, 0.1) is 12.3 Å². The smallest absolute Gasteiger partial charge is 0.207 e. The molecule has 0 radical (unpaired) electrons. The first-order chi connectivity index (χ1) is 9.61. The molecule has 0 fully saturated rings. The van der Waals surface area contributed by atoms with Gasteiger partial charge in [0, 0.05) is 11.9 Å². The van der Waals surface area contributed by atoms with E-state index in [9.17, 15) is 8.42 Å². The zero-order valence-electron chi connectivity index (χ0n) is 11.4. The molecular weight excluding hydrogens is 270 g/mol. The molecule has 2 aromatic rings. The van der Waals surface area contributed by atoms with Crippen molar-refractivity contribution in [3.8, 4) is 12.3 Å². The van der Waals surface area contributed by atoms with Gasteiger partial charge >= 0.3 is 0 Å². The Balaban J connectivity index is 2.59. The molecule has 0 aromatic heterocycles. The Hall–Kier alpha value is -1.83. The number of rotatable bonds is 5. The highest BCUT2D eigenvalue weighted by Crippen LogP contribution is 2.25. The molecule has 0 saturated carbocycles. The molecule has 0 aliphatic heterocycles. The fourth-order valence-electron chi connectivity index (χ4n) is 2.20. The van der Waals surface area contributed by atoms with Gasteiger partial charge in [0.2, 0.25) is 10.0 Å². The van der Waals surface area contributed by atoms with Crippen LogP contribution in [0.2, 0.25) is 0 Å². The molecule has 3 nitrogen and oxygen atoms in total. The Morgan fingerprint density at radius 1 is 1.15 bits per heavy atom. The van der Waals surface area contributed by atoms with E-state index in [-0.39, 0.29) is 6.54 Å². The highest BCUT2D eigenvalue weighted by molar-refractivity contribution is 7.89. The third-order valence-electron chi connectivity index (χ3n) is 3.11. The lowest BCUT2D eigenvalue weighted by Gasteiger charge is -2.20. The van der Waals surface area contributed by atoms with Crippen LogP contribution in [0.4, 0.5) is 0 Å². The van der Waals surface area contributed by atoms with Crippen LogP contribution in [0.3, 0.4) is 0 Å². The van der Waals surface area contributed by atoms with Crippen molar-refractivity contribution in [3.05, 3.63) is 42.5 Å². The summed E-state index contributed by atoms with van der Waals surface area (Å²) in [7, 11) is -3.56. The fourth-order valence-corrected chi connectivity index (χ4v) is 3.86. The summed E-state index contributed by atoms with van der Waals surface area (Å²) in [5.74, 6) is 2.42. The van der Waals surface area contributed by atoms with E-state index in [4.69, 9.17) is 6.42 Å². The lowest BCUT2D eigenvalue weighted by atomic mass is 10.1. The molecule has 2 rings (SSSR count). The average molecular weight is 287 g/mol. The fraction of sp³-hybridized carbons (Fsp3) is 0.250. The van der Waals surface area contributed by atoms with E-state index >= 15 is 0 Å². The standard InChI is InChI=1S/C16H17NO2S/c1-3-12-17(13-4-2)20(18,19)16-11-7-9-14-8-5-6-10-15(14)16/h1,5-11H,4,12-13H2,2H3. The van der Waals surface area contributed by atoms with Crippen LogP contribution in [-0.4, -0.2) is 25.8 Å². The third-order valence-corrected chi connectivity index (χ3v) is 5.01. The molecule has 0 aliphatic rings. The van der Waals surface area contributed by atoms with Gasteiger partial charge in [-0.25, -0.2) is 8.42 Å². The van der Waals surface area contributed by atoms with Crippen LogP contribution >= 0.6 is 0 Å². The van der Waals surface area contributed by atoms with Gasteiger partial charge in [-0.05, 0) is 17.9 Å². The Bertz CT molecular complexity index is 739. The van der Waals surface area contributed by atoms with Gasteiger partial charge in [-0.2, -0.15) is 4.31 Å². The molecule has 0 saturated heterocycles. The zero-order chi connectivity index (χ0) is 14.6. The molecule has 2 aromatic carbocycles. The van der Waals surface area contributed by atoms with E-state index < -0.39 is 10.0 Å². The van der Waals surface area contributed by atoms with Crippen LogP contribution in [0.15, 0.2) is 47.4 Å². The molecule has 0 heterocycles. The van der Waals surface area contributed by atoms with Crippen molar-refractivity contribution in [1.82, 2.24) is 4.31 Å². The summed E-state index contributed by atoms with van der Waals surface area (Å²) in [5.41, 5.74) is 0. The van der Waals surface area contributed by atoms with Gasteiger partial charge in [0.25, 0.3) is 0 Å². The van der Waals surface area contributed by atoms with Crippen LogP contribution < -0.4 is 0 Å². The van der Waals surface area contributed by atoms with Crippen molar-refractivity contribution in [2.24, 2.45) is 0 Å². The first kappa shape index (κ1) is 14.6. The first-order valence-corrected chi connectivity index (χ1v) is 7.96. The molecule has 0 aliphatic carbocycles. The van der Waals surface area contributed by atoms with Crippen molar-refractivity contribution >= 4 is 20.8 Å². The maximum Gasteiger partial charge on any atom is 0.244 e. The van der Waals surface area contributed by atoms with E-state index in [0.29, 0.717) is 11.4 Å². The summed E-state index contributed by atoms with van der Waals surface area (Å²) in [5, 5.41) is 1.64. The normalized spacial score (nSPS) is 11.7. The van der Waals surface area contributed by atoms with E-state index in [2.05, 4.69) is 5.92 Å². The number of fused-ring (bicyclic) bond motifs is 1. The number of sulfonamides is 1. The second-order valence-corrected chi connectivity index (χ2v) is 6.43. The topological polar surface area (TPSA) is 37.4 Å². The van der Waals surface area contributed by atoms with Gasteiger partial charge in [0.15, 0.2) is 0 Å². The van der Waals surface area contributed by atoms with E-state index in [1.807, 2.05) is 37.3 Å². The lowest BCUT2D eigenvalue weighted by molar-refractivity contribution is 0.446. The van der Waals surface area contributed by atoms with Crippen molar-refractivity contribution < 1.29 is 8.42 Å². The molecule has 0 N–H and O–H groups in total. The minimum Gasteiger partial charge on any atom is -0.207 e. The molecule has 0 bridgehead atoms. The number of benzene rings is 2. The predicted octanol–water partition coefficient (Wildman–Crippen LogP) is 2.87. The van der Waals surface area contributed by atoms with Gasteiger partial charge in [-0.3, -0.25) is 0 Å². The Morgan fingerprint density at radius 2 is 1.85 bits per heavy atom. The quantitative estimate of drug-likeness (QED) is 0.793. The monoisotopic (exact) mass is 287 g/mol. The summed E-state index contributed by atoms with van der Waals surface area (Å²) >= 11 is 0. The highest BCUT2D eigenvalue weighted by atomic mass is 32.2. The molecule has 104 valence electrons. The third kappa shape index (κ3) is 2.69. The molecule has 0 amide bonds. The summed E-state index contributed by atoms with van der Waals surface area (Å²) in [6.45, 7) is 2.46. The van der Waals surface area contributed by atoms with E-state index in [1.165, 1.54) is 4.31 Å². The largest absolute Gasteiger partial charge is 0.244 e. The summed E-state index contributed by atoms with van der Waals surface area (Å²) < 4.78 is 26.9. The van der Waals surface area contributed by atoms with Crippen molar-refractivity contribution in [1.29, 1.82) is 0 Å². The maximum atomic E-state index is 12.8. The van der Waals surface area contributed by atoms with Crippen molar-refractivity contribution in [3.63, 3.8) is 0 Å². The molecule has 0 unspecified atom stereocenters. The predicted molar refractivity (Wildman–Crippen MR) is 81.8 cm³/mol. The number of terminal acetylenes is 1. The molecular formula is C16H17NO2S. The van der Waals surface area contributed by atoms with Crippen LogP contribution in [-0.2, 0) is 10.0 Å². The summed E-state index contributed by atoms with van der Waals surface area (Å²) in [6.07, 6.45) is 6.02. The minimum absolute atomic E-state index is 0.0966. The van der Waals surface area contributed by atoms with E-state index in [1.54, 1.807) is 12.1 Å². The Morgan fingerprint density at radius 3 is 2.55 bits per heavy atom. The zero-order valence-corrected chi connectivity index (χ0v) is 12.2. The number of hydrogen-bond acceptors (Lipinski definition) is 2. The molecule has 0 atom stereocenters. The van der Waals surface area contributed by atoms with Crippen molar-refractivity contribution in [2.45, 2.75) is 18.2 Å². The van der Waals surface area contributed by atoms with Gasteiger partial charge in [0.05, 0.1) is 11.4 Å². The van der Waals surface area contributed by atoms with Crippen LogP contribution in [0.25, 0.3) is 10.8 Å². The number of hydrogen-bond donors (Lipinski definition) is 0. The maximum absolute atomic E-state index is 12.8. The van der Waals surface area contributed by atoms with Gasteiger partial charge < -0.3 is 0 Å². The molecule has 0 spiro atoms. The Labute approximate surface area is 120 Å². The lowest BCUT2D eigenvalue weighted by Crippen LogP contribution is -2.32. The van der Waals surface area contributed by atoms with Crippen molar-refractivity contribution in [2.75, 3.05) is 13.1 Å². The SMILES string of the molecule is C#CCN(CCC)S(=O)(=O)c1cccc2ccccc12. The van der Waals surface area contributed by atoms with Gasteiger partial charge in [0.1, 0.15) is 0 Å². The van der Waals surface area contributed by atoms with E-state index in [0.717, 1.165) is 17.2 Å².